The topological polar surface area (TPSA) is 52.1 Å². The molecule has 4 nitrogen and oxygen atoms in total. The molecule has 1 saturated carbocycles. The summed E-state index contributed by atoms with van der Waals surface area (Å²) in [7, 11) is 0. The molecule has 0 atom stereocenters. The van der Waals surface area contributed by atoms with E-state index in [1.807, 2.05) is 54.7 Å². The van der Waals surface area contributed by atoms with Crippen molar-refractivity contribution >= 4 is 54.6 Å². The molecule has 0 aliphatic heterocycles. The van der Waals surface area contributed by atoms with E-state index in [0.717, 1.165) is 77.2 Å². The van der Waals surface area contributed by atoms with Crippen molar-refractivity contribution in [3.8, 4) is 22.5 Å². The van der Waals surface area contributed by atoms with Crippen molar-refractivity contribution in [3.05, 3.63) is 145 Å². The van der Waals surface area contributed by atoms with E-state index in [1.54, 1.807) is 6.20 Å². The number of hydrogen-bond donors (Lipinski definition) is 0. The molecule has 0 spiro atoms. The van der Waals surface area contributed by atoms with E-state index >= 15 is 0 Å². The zero-order chi connectivity index (χ0) is 32.0. The molecule has 10 rings (SSSR count). The van der Waals surface area contributed by atoms with Crippen LogP contribution in [0.15, 0.2) is 130 Å². The van der Waals surface area contributed by atoms with Crippen LogP contribution in [0.1, 0.15) is 42.7 Å². The Balaban J connectivity index is 0.000000228. The Kier molecular flexibility index (Phi) is 8.33. The molecule has 5 aromatic carbocycles. The van der Waals surface area contributed by atoms with Crippen LogP contribution in [0.25, 0.3) is 77.2 Å². The molecule has 1 radical (unpaired) electrons. The Morgan fingerprint density at radius 3 is 2.02 bits per heavy atom. The van der Waals surface area contributed by atoms with Gasteiger partial charge in [0.15, 0.2) is 0 Å². The van der Waals surface area contributed by atoms with Gasteiger partial charge in [0.25, 0.3) is 0 Å². The van der Waals surface area contributed by atoms with Crippen LogP contribution in [0.4, 0.5) is 0 Å². The van der Waals surface area contributed by atoms with Gasteiger partial charge in [-0.15, -0.1) is 54.1 Å². The van der Waals surface area contributed by atoms with E-state index in [2.05, 4.69) is 84.7 Å². The summed E-state index contributed by atoms with van der Waals surface area (Å²) in [4.78, 5) is 8.95. The Morgan fingerprint density at radius 1 is 0.592 bits per heavy atom. The summed E-state index contributed by atoms with van der Waals surface area (Å²) in [6, 6.07) is 43.8. The maximum atomic E-state index is 6.65. The Morgan fingerprint density at radius 2 is 1.29 bits per heavy atom. The van der Waals surface area contributed by atoms with E-state index in [-0.39, 0.29) is 20.1 Å². The number of fused-ring (bicyclic) bond motifs is 9. The number of furan rings is 2. The Bertz CT molecular complexity index is 2550. The smallest absolute Gasteiger partial charge is 0.143 e. The van der Waals surface area contributed by atoms with Gasteiger partial charge in [-0.1, -0.05) is 65.8 Å². The van der Waals surface area contributed by atoms with Crippen molar-refractivity contribution in [1.29, 1.82) is 0 Å². The first kappa shape index (κ1) is 31.2. The maximum absolute atomic E-state index is 6.65. The van der Waals surface area contributed by atoms with E-state index in [0.29, 0.717) is 5.92 Å². The van der Waals surface area contributed by atoms with Gasteiger partial charge >= 0.3 is 0 Å². The summed E-state index contributed by atoms with van der Waals surface area (Å²) in [6.07, 6.45) is 8.90. The molecule has 4 heterocycles. The van der Waals surface area contributed by atoms with Crippen LogP contribution in [-0.4, -0.2) is 9.97 Å². The third-order valence-corrected chi connectivity index (χ3v) is 9.70. The van der Waals surface area contributed by atoms with Gasteiger partial charge in [-0.2, -0.15) is 0 Å². The molecule has 0 amide bonds. The molecule has 1 aliphatic carbocycles. The first-order chi connectivity index (χ1) is 23.7. The molecule has 0 unspecified atom stereocenters. The van der Waals surface area contributed by atoms with Gasteiger partial charge in [-0.3, -0.25) is 0 Å². The minimum Gasteiger partial charge on any atom is -0.500 e. The first-order valence-corrected chi connectivity index (χ1v) is 16.7. The first-order valence-electron chi connectivity index (χ1n) is 16.7. The zero-order valence-electron chi connectivity index (χ0n) is 27.0. The monoisotopic (exact) mass is 813 g/mol. The maximum Gasteiger partial charge on any atom is 0.143 e. The number of hydrogen-bond acceptors (Lipinski definition) is 4. The fraction of sp³-hybridized carbons (Fsp3) is 0.136. The van der Waals surface area contributed by atoms with E-state index in [9.17, 15) is 0 Å². The number of aromatic nitrogens is 2. The summed E-state index contributed by atoms with van der Waals surface area (Å²) in [6.45, 7) is 2.09. The van der Waals surface area contributed by atoms with Gasteiger partial charge in [0.2, 0.25) is 0 Å². The molecule has 0 bridgehead atoms. The molecular weight excluding hydrogens is 781 g/mol. The van der Waals surface area contributed by atoms with Crippen molar-refractivity contribution in [2.75, 3.05) is 0 Å². The number of rotatable bonds is 3. The van der Waals surface area contributed by atoms with Crippen LogP contribution in [0, 0.1) is 19.1 Å². The molecule has 5 heteroatoms. The van der Waals surface area contributed by atoms with Crippen LogP contribution >= 0.6 is 0 Å². The second kappa shape index (κ2) is 13.1. The second-order valence-electron chi connectivity index (χ2n) is 12.7. The summed E-state index contributed by atoms with van der Waals surface area (Å²) in [5.41, 5.74) is 10.0. The van der Waals surface area contributed by atoms with Gasteiger partial charge in [-0.25, -0.2) is 0 Å². The number of nitrogens with zero attached hydrogens (tertiary/aromatic N) is 2. The molecule has 1 fully saturated rings. The third-order valence-electron chi connectivity index (χ3n) is 9.70. The molecule has 4 aromatic heterocycles. The minimum atomic E-state index is 0. The third kappa shape index (κ3) is 5.63. The summed E-state index contributed by atoms with van der Waals surface area (Å²) < 4.78 is 13.0. The fourth-order valence-electron chi connectivity index (χ4n) is 7.31. The van der Waals surface area contributed by atoms with Gasteiger partial charge in [0.05, 0.1) is 5.58 Å². The molecule has 0 saturated heterocycles. The molecule has 0 N–H and O–H groups in total. The van der Waals surface area contributed by atoms with E-state index < -0.39 is 0 Å². The van der Waals surface area contributed by atoms with Crippen LogP contribution < -0.4 is 0 Å². The summed E-state index contributed by atoms with van der Waals surface area (Å²) >= 11 is 0. The van der Waals surface area contributed by atoms with Crippen LogP contribution in [0.2, 0.25) is 0 Å². The zero-order valence-corrected chi connectivity index (χ0v) is 29.4. The predicted octanol–water partition coefficient (Wildman–Crippen LogP) is 12.0. The summed E-state index contributed by atoms with van der Waals surface area (Å²) in [5.74, 6) is 0.639. The largest absolute Gasteiger partial charge is 0.500 e. The fourth-order valence-corrected chi connectivity index (χ4v) is 7.31. The molecule has 1 aliphatic rings. The summed E-state index contributed by atoms with van der Waals surface area (Å²) in [5, 5.41) is 6.60. The van der Waals surface area contributed by atoms with Crippen LogP contribution in [0.3, 0.4) is 0 Å². The normalized spacial score (nSPS) is 13.2. The quantitative estimate of drug-likeness (QED) is 0.167. The van der Waals surface area contributed by atoms with Crippen molar-refractivity contribution < 1.29 is 28.9 Å². The predicted molar refractivity (Wildman–Crippen MR) is 195 cm³/mol. The Labute approximate surface area is 298 Å². The standard InChI is InChI=1S/C33H24NO2.C11H8N.Ir/c1-19-9-10-22-24-11-12-27-26(31(24)35-30(22)17-19)14-13-25-23-7-4-8-28(33(23)36-32(25)27)29-18-21(15-16-34-29)20-5-2-3-6-20;1-2-6-10(7-3-1)11-8-4-5-9-12-11;/h4,7,9-18,20H,2-3,5-6H2,1H3;1-6,8-9H;/q2*-1;. The minimum absolute atomic E-state index is 0. The van der Waals surface area contributed by atoms with Gasteiger partial charge in [-0.05, 0) is 79.0 Å². The average Bonchev–Trinajstić information content (AvgIpc) is 3.90. The van der Waals surface area contributed by atoms with Crippen molar-refractivity contribution in [2.24, 2.45) is 0 Å². The van der Waals surface area contributed by atoms with Crippen molar-refractivity contribution in [3.63, 3.8) is 0 Å². The number of pyridine rings is 2. The van der Waals surface area contributed by atoms with E-state index in [4.69, 9.17) is 13.8 Å². The van der Waals surface area contributed by atoms with Crippen molar-refractivity contribution in [2.45, 2.75) is 38.5 Å². The molecule has 9 aromatic rings. The van der Waals surface area contributed by atoms with Gasteiger partial charge in [0.1, 0.15) is 16.7 Å². The molecular formula is C44H32IrN2O2-2. The van der Waals surface area contributed by atoms with Crippen LogP contribution in [-0.2, 0) is 20.1 Å². The van der Waals surface area contributed by atoms with Crippen LogP contribution in [0.5, 0.6) is 0 Å². The second-order valence-corrected chi connectivity index (χ2v) is 12.7. The van der Waals surface area contributed by atoms with Gasteiger partial charge in [0, 0.05) is 59.4 Å². The number of aryl methyl sites for hydroxylation is 1. The molecule has 49 heavy (non-hydrogen) atoms. The SMILES string of the molecule is Cc1ccc2c(c1)oc1c2ccc2c1ccc1c3cc[c-]c(-c4cc(C5CCCC5)ccn4)c3oc12.[Ir].[c-]1ccccc1-c1ccccn1. The number of benzene rings is 5. The van der Waals surface area contributed by atoms with Crippen molar-refractivity contribution in [1.82, 2.24) is 9.97 Å². The van der Waals surface area contributed by atoms with E-state index in [1.165, 1.54) is 36.8 Å². The molecule has 241 valence electrons. The van der Waals surface area contributed by atoms with Gasteiger partial charge < -0.3 is 18.8 Å². The average molecular weight is 813 g/mol. The Hall–Kier alpha value is -5.09.